The summed E-state index contributed by atoms with van der Waals surface area (Å²) in [6, 6.07) is 0. The highest BCUT2D eigenvalue weighted by Crippen LogP contribution is 2.13. The standard InChI is InChI=1S/C19H38NO/c1-2-3-4-5-6-7-8-9-10-11-12-13-14-15-16-17-18-19(20)21/h18H,2-17H2,1H3,(H2,20,21). The van der Waals surface area contributed by atoms with Gasteiger partial charge in [-0.15, -0.1) is 0 Å². The van der Waals surface area contributed by atoms with E-state index in [1.165, 1.54) is 89.9 Å². The summed E-state index contributed by atoms with van der Waals surface area (Å²) in [6.07, 6.45) is 23.1. The second-order valence-electron chi connectivity index (χ2n) is 6.34. The average Bonchev–Trinajstić information content (AvgIpc) is 2.46. The van der Waals surface area contributed by atoms with Crippen molar-refractivity contribution in [2.24, 2.45) is 5.73 Å². The lowest BCUT2D eigenvalue weighted by Crippen LogP contribution is -2.10. The summed E-state index contributed by atoms with van der Waals surface area (Å²) in [7, 11) is 0. The van der Waals surface area contributed by atoms with Gasteiger partial charge >= 0.3 is 0 Å². The van der Waals surface area contributed by atoms with Crippen LogP contribution in [0, 0.1) is 6.42 Å². The smallest absolute Gasteiger partial charge is 0.221 e. The van der Waals surface area contributed by atoms with Gasteiger partial charge in [0, 0.05) is 6.42 Å². The summed E-state index contributed by atoms with van der Waals surface area (Å²) >= 11 is 0. The summed E-state index contributed by atoms with van der Waals surface area (Å²) < 4.78 is 0. The van der Waals surface area contributed by atoms with E-state index in [2.05, 4.69) is 6.92 Å². The summed E-state index contributed by atoms with van der Waals surface area (Å²) in [5.74, 6) is -0.277. The number of unbranched alkanes of at least 4 members (excludes halogenated alkanes) is 15. The van der Waals surface area contributed by atoms with Crippen molar-refractivity contribution in [1.82, 2.24) is 0 Å². The molecule has 0 aliphatic carbocycles. The van der Waals surface area contributed by atoms with E-state index in [1.807, 2.05) is 0 Å². The lowest BCUT2D eigenvalue weighted by atomic mass is 10.0. The van der Waals surface area contributed by atoms with Crippen LogP contribution in [-0.4, -0.2) is 5.91 Å². The van der Waals surface area contributed by atoms with Gasteiger partial charge < -0.3 is 5.73 Å². The van der Waals surface area contributed by atoms with Crippen molar-refractivity contribution in [3.8, 4) is 0 Å². The van der Waals surface area contributed by atoms with Gasteiger partial charge in [0.15, 0.2) is 0 Å². The zero-order valence-corrected chi connectivity index (χ0v) is 14.4. The lowest BCUT2D eigenvalue weighted by molar-refractivity contribution is -0.115. The molecule has 21 heavy (non-hydrogen) atoms. The van der Waals surface area contributed by atoms with E-state index in [1.54, 1.807) is 6.42 Å². The molecular weight excluding hydrogens is 258 g/mol. The molecule has 0 fully saturated rings. The number of hydrogen-bond donors (Lipinski definition) is 1. The van der Waals surface area contributed by atoms with Crippen LogP contribution in [0.2, 0.25) is 0 Å². The monoisotopic (exact) mass is 296 g/mol. The lowest BCUT2D eigenvalue weighted by Gasteiger charge is -2.03. The molecule has 0 aliphatic rings. The molecule has 0 atom stereocenters. The maximum absolute atomic E-state index is 10.5. The quantitative estimate of drug-likeness (QED) is 0.332. The largest absolute Gasteiger partial charge is 0.369 e. The molecule has 125 valence electrons. The molecule has 2 N–H and O–H groups in total. The van der Waals surface area contributed by atoms with Gasteiger partial charge in [0.2, 0.25) is 5.91 Å². The second kappa shape index (κ2) is 17.5. The fraction of sp³-hybridized carbons (Fsp3) is 0.895. The molecule has 0 bridgehead atoms. The van der Waals surface area contributed by atoms with E-state index in [9.17, 15) is 4.79 Å². The van der Waals surface area contributed by atoms with E-state index < -0.39 is 0 Å². The first-order valence-corrected chi connectivity index (χ1v) is 9.40. The maximum Gasteiger partial charge on any atom is 0.221 e. The number of carbonyl (C=O) groups is 1. The summed E-state index contributed by atoms with van der Waals surface area (Å²) in [6.45, 7) is 2.28. The van der Waals surface area contributed by atoms with E-state index in [0.717, 1.165) is 12.8 Å². The minimum Gasteiger partial charge on any atom is -0.369 e. The van der Waals surface area contributed by atoms with Crippen LogP contribution >= 0.6 is 0 Å². The van der Waals surface area contributed by atoms with Crippen LogP contribution in [0.3, 0.4) is 0 Å². The highest BCUT2D eigenvalue weighted by atomic mass is 16.1. The molecule has 0 saturated carbocycles. The molecule has 0 aliphatic heterocycles. The summed E-state index contributed by atoms with van der Waals surface area (Å²) in [4.78, 5) is 10.5. The minimum absolute atomic E-state index is 0.277. The van der Waals surface area contributed by atoms with Gasteiger partial charge in [-0.25, -0.2) is 0 Å². The van der Waals surface area contributed by atoms with Crippen LogP contribution < -0.4 is 5.73 Å². The topological polar surface area (TPSA) is 43.1 Å². The molecule has 0 saturated heterocycles. The molecule has 0 aromatic heterocycles. The molecule has 2 heteroatoms. The molecule has 0 heterocycles. The Balaban J connectivity index is 2.95. The van der Waals surface area contributed by atoms with Crippen LogP contribution in [0.5, 0.6) is 0 Å². The van der Waals surface area contributed by atoms with E-state index in [-0.39, 0.29) is 5.91 Å². The molecular formula is C19H38NO. The van der Waals surface area contributed by atoms with Crippen molar-refractivity contribution in [3.05, 3.63) is 6.42 Å². The van der Waals surface area contributed by atoms with Crippen LogP contribution in [0.4, 0.5) is 0 Å². The number of amides is 1. The molecule has 1 amide bonds. The first kappa shape index (κ1) is 20.5. The Bertz CT molecular complexity index is 216. The van der Waals surface area contributed by atoms with Crippen molar-refractivity contribution in [2.45, 2.75) is 110 Å². The maximum atomic E-state index is 10.5. The highest BCUT2D eigenvalue weighted by molar-refractivity contribution is 5.82. The SMILES string of the molecule is CCCCCCCCCCCCCCCCC[CH]C(N)=O. The molecule has 1 radical (unpaired) electrons. The normalized spacial score (nSPS) is 10.9. The predicted molar refractivity (Wildman–Crippen MR) is 93.0 cm³/mol. The minimum atomic E-state index is -0.277. The molecule has 2 nitrogen and oxygen atoms in total. The zero-order valence-electron chi connectivity index (χ0n) is 14.4. The number of carbonyl (C=O) groups excluding carboxylic acids is 1. The van der Waals surface area contributed by atoms with Crippen LogP contribution in [0.25, 0.3) is 0 Å². The average molecular weight is 297 g/mol. The second-order valence-corrected chi connectivity index (χ2v) is 6.34. The Morgan fingerprint density at radius 1 is 0.667 bits per heavy atom. The fourth-order valence-corrected chi connectivity index (χ4v) is 2.76. The third kappa shape index (κ3) is 19.5. The summed E-state index contributed by atoms with van der Waals surface area (Å²) in [5, 5.41) is 0. The van der Waals surface area contributed by atoms with Gasteiger partial charge in [-0.3, -0.25) is 4.79 Å². The highest BCUT2D eigenvalue weighted by Gasteiger charge is 1.96. The van der Waals surface area contributed by atoms with Gasteiger partial charge in [-0.1, -0.05) is 103 Å². The van der Waals surface area contributed by atoms with Crippen molar-refractivity contribution in [2.75, 3.05) is 0 Å². The van der Waals surface area contributed by atoms with Crippen molar-refractivity contribution in [3.63, 3.8) is 0 Å². The Hall–Kier alpha value is -0.530. The first-order chi connectivity index (χ1) is 10.3. The number of hydrogen-bond acceptors (Lipinski definition) is 1. The van der Waals surface area contributed by atoms with Crippen LogP contribution in [0.15, 0.2) is 0 Å². The molecule has 0 spiro atoms. The third-order valence-corrected chi connectivity index (χ3v) is 4.15. The van der Waals surface area contributed by atoms with Crippen LogP contribution in [0.1, 0.15) is 110 Å². The summed E-state index contributed by atoms with van der Waals surface area (Å²) in [5.41, 5.74) is 5.06. The molecule has 0 rings (SSSR count). The van der Waals surface area contributed by atoms with Crippen molar-refractivity contribution >= 4 is 5.91 Å². The predicted octanol–water partition coefficient (Wildman–Crippen LogP) is 5.94. The molecule has 0 aromatic carbocycles. The van der Waals surface area contributed by atoms with Crippen molar-refractivity contribution in [1.29, 1.82) is 0 Å². The number of primary amides is 1. The number of rotatable bonds is 17. The zero-order chi connectivity index (χ0) is 15.6. The van der Waals surface area contributed by atoms with Gasteiger partial charge in [-0.05, 0) is 6.42 Å². The molecule has 0 unspecified atom stereocenters. The molecule has 0 aromatic rings. The van der Waals surface area contributed by atoms with Gasteiger partial charge in [0.05, 0.1) is 0 Å². The van der Waals surface area contributed by atoms with Gasteiger partial charge in [-0.2, -0.15) is 0 Å². The Labute approximate surface area is 133 Å². The Morgan fingerprint density at radius 2 is 1.00 bits per heavy atom. The van der Waals surface area contributed by atoms with Gasteiger partial charge in [0.1, 0.15) is 0 Å². The number of nitrogens with two attached hydrogens (primary N) is 1. The Morgan fingerprint density at radius 3 is 1.33 bits per heavy atom. The first-order valence-electron chi connectivity index (χ1n) is 9.40. The third-order valence-electron chi connectivity index (χ3n) is 4.15. The van der Waals surface area contributed by atoms with E-state index in [4.69, 9.17) is 5.73 Å². The van der Waals surface area contributed by atoms with Gasteiger partial charge in [0.25, 0.3) is 0 Å². The fourth-order valence-electron chi connectivity index (χ4n) is 2.76. The van der Waals surface area contributed by atoms with Crippen LogP contribution in [-0.2, 0) is 4.79 Å². The Kier molecular flexibility index (Phi) is 17.1. The van der Waals surface area contributed by atoms with E-state index >= 15 is 0 Å². The van der Waals surface area contributed by atoms with Crippen molar-refractivity contribution < 1.29 is 4.79 Å². The van der Waals surface area contributed by atoms with E-state index in [0.29, 0.717) is 0 Å².